The Balaban J connectivity index is 1.61. The number of benzene rings is 2. The van der Waals surface area contributed by atoms with Gasteiger partial charge in [-0.25, -0.2) is 4.98 Å². The molecule has 3 aromatic rings. The Morgan fingerprint density at radius 3 is 2.36 bits per heavy atom. The number of rotatable bonds is 8. The van der Waals surface area contributed by atoms with Gasteiger partial charge in [0.15, 0.2) is 6.29 Å². The van der Waals surface area contributed by atoms with Crippen molar-refractivity contribution in [3.8, 4) is 0 Å². The molecule has 0 amide bonds. The van der Waals surface area contributed by atoms with Gasteiger partial charge in [-0.3, -0.25) is 10.1 Å². The van der Waals surface area contributed by atoms with Crippen molar-refractivity contribution in [2.45, 2.75) is 51.2 Å². The molecule has 174 valence electrons. The average molecular weight is 451 g/mol. The van der Waals surface area contributed by atoms with Crippen LogP contribution in [0.5, 0.6) is 0 Å². The van der Waals surface area contributed by atoms with E-state index in [1.54, 1.807) is 19.9 Å². The number of nitrogens with zero attached hydrogens (tertiary/aromatic N) is 1. The van der Waals surface area contributed by atoms with Crippen molar-refractivity contribution < 1.29 is 24.9 Å². The van der Waals surface area contributed by atoms with E-state index >= 15 is 0 Å². The Morgan fingerprint density at radius 2 is 1.73 bits per heavy atom. The molecule has 2 aromatic carbocycles. The Hall–Kier alpha value is -2.84. The fourth-order valence-electron chi connectivity index (χ4n) is 4.67. The second-order valence-corrected chi connectivity index (χ2v) is 8.59. The maximum atomic E-state index is 12.9. The van der Waals surface area contributed by atoms with Gasteiger partial charge in [-0.05, 0) is 55.2 Å². The monoisotopic (exact) mass is 450 g/mol. The van der Waals surface area contributed by atoms with Gasteiger partial charge >= 0.3 is 5.97 Å². The first-order chi connectivity index (χ1) is 15.9. The van der Waals surface area contributed by atoms with E-state index in [0.29, 0.717) is 11.1 Å². The lowest BCUT2D eigenvalue weighted by Gasteiger charge is -2.29. The summed E-state index contributed by atoms with van der Waals surface area (Å²) in [5, 5.41) is 35.3. The number of pyridine rings is 1. The van der Waals surface area contributed by atoms with Gasteiger partial charge in [0.1, 0.15) is 12.1 Å². The highest BCUT2D eigenvalue weighted by Gasteiger charge is 2.36. The van der Waals surface area contributed by atoms with Crippen LogP contribution in [-0.2, 0) is 22.4 Å². The van der Waals surface area contributed by atoms with Crippen molar-refractivity contribution in [3.63, 3.8) is 0 Å². The fourth-order valence-corrected chi connectivity index (χ4v) is 4.67. The lowest BCUT2D eigenvalue weighted by Crippen LogP contribution is -2.50. The van der Waals surface area contributed by atoms with E-state index in [1.165, 1.54) is 11.1 Å². The van der Waals surface area contributed by atoms with Crippen LogP contribution in [0.3, 0.4) is 0 Å². The smallest absolute Gasteiger partial charge is 0.323 e. The summed E-state index contributed by atoms with van der Waals surface area (Å²) >= 11 is 0. The summed E-state index contributed by atoms with van der Waals surface area (Å²) in [5.41, 5.74) is 2.84. The highest BCUT2D eigenvalue weighted by atomic mass is 16.5. The number of ether oxygens (including phenoxy) is 1. The van der Waals surface area contributed by atoms with Crippen LogP contribution >= 0.6 is 0 Å². The second kappa shape index (κ2) is 9.97. The summed E-state index contributed by atoms with van der Waals surface area (Å²) in [4.78, 5) is 17.2. The lowest BCUT2D eigenvalue weighted by atomic mass is 9.94. The number of carbonyl (C=O) groups is 1. The molecule has 7 heteroatoms. The van der Waals surface area contributed by atoms with E-state index in [4.69, 9.17) is 4.74 Å². The molecule has 4 N–H and O–H groups in total. The standard InChI is InChI=1S/C26H30N2O5/c1-3-33-26(32)22(19-12-16-8-4-5-9-17(16)13-19)27-15(2)24(29)23-20-11-7-6-10-18(20)14-21(28-23)25(30)31/h4-11,14-15,19,22,24-25,27,29-31H,3,12-13H2,1-2H3/t15-,22?,24?/m0/s1. The van der Waals surface area contributed by atoms with Crippen molar-refractivity contribution >= 4 is 16.7 Å². The lowest BCUT2D eigenvalue weighted by molar-refractivity contribution is -0.147. The van der Waals surface area contributed by atoms with Crippen LogP contribution < -0.4 is 5.32 Å². The van der Waals surface area contributed by atoms with E-state index in [9.17, 15) is 20.1 Å². The first-order valence-electron chi connectivity index (χ1n) is 11.3. The molecule has 3 atom stereocenters. The molecule has 2 unspecified atom stereocenters. The number of carbonyl (C=O) groups excluding carboxylic acids is 1. The molecule has 0 spiro atoms. The maximum Gasteiger partial charge on any atom is 0.323 e. The van der Waals surface area contributed by atoms with Crippen LogP contribution in [0.4, 0.5) is 0 Å². The molecule has 0 radical (unpaired) electrons. The second-order valence-electron chi connectivity index (χ2n) is 8.59. The minimum atomic E-state index is -1.76. The molecule has 4 rings (SSSR count). The Labute approximate surface area is 193 Å². The van der Waals surface area contributed by atoms with Crippen LogP contribution in [0.2, 0.25) is 0 Å². The zero-order chi connectivity index (χ0) is 23.5. The van der Waals surface area contributed by atoms with Gasteiger partial charge < -0.3 is 20.1 Å². The Bertz CT molecular complexity index is 1110. The molecule has 1 aliphatic rings. The quantitative estimate of drug-likeness (QED) is 0.308. The third-order valence-electron chi connectivity index (χ3n) is 6.34. The molecular weight excluding hydrogens is 420 g/mol. The molecule has 1 aliphatic carbocycles. The molecule has 7 nitrogen and oxygen atoms in total. The summed E-state index contributed by atoms with van der Waals surface area (Å²) in [7, 11) is 0. The molecule has 0 saturated carbocycles. The summed E-state index contributed by atoms with van der Waals surface area (Å²) in [6.45, 7) is 3.84. The van der Waals surface area contributed by atoms with E-state index in [-0.39, 0.29) is 24.2 Å². The third-order valence-corrected chi connectivity index (χ3v) is 6.34. The first-order valence-corrected chi connectivity index (χ1v) is 11.3. The van der Waals surface area contributed by atoms with Gasteiger partial charge in [-0.2, -0.15) is 0 Å². The van der Waals surface area contributed by atoms with Crippen LogP contribution in [-0.4, -0.2) is 45.0 Å². The number of aliphatic hydroxyl groups excluding tert-OH is 2. The summed E-state index contributed by atoms with van der Waals surface area (Å²) in [6, 6.07) is 15.9. The molecule has 1 heterocycles. The highest BCUT2D eigenvalue weighted by molar-refractivity contribution is 5.85. The predicted molar refractivity (Wildman–Crippen MR) is 124 cm³/mol. The number of aliphatic hydroxyl groups is 3. The first kappa shape index (κ1) is 23.3. The number of aromatic nitrogens is 1. The number of esters is 1. The zero-order valence-electron chi connectivity index (χ0n) is 18.8. The minimum absolute atomic E-state index is 0.00593. The van der Waals surface area contributed by atoms with Crippen molar-refractivity contribution in [1.29, 1.82) is 0 Å². The summed E-state index contributed by atoms with van der Waals surface area (Å²) in [5.74, 6) is -0.335. The minimum Gasteiger partial charge on any atom is -0.465 e. The van der Waals surface area contributed by atoms with Gasteiger partial charge in [-0.1, -0.05) is 48.5 Å². The third kappa shape index (κ3) is 4.91. The van der Waals surface area contributed by atoms with Gasteiger partial charge in [0.05, 0.1) is 18.0 Å². The Kier molecular flexibility index (Phi) is 7.05. The number of nitrogens with one attached hydrogen (secondary N) is 1. The molecule has 0 saturated heterocycles. The molecule has 0 fully saturated rings. The van der Waals surface area contributed by atoms with Crippen molar-refractivity contribution in [2.24, 2.45) is 5.92 Å². The van der Waals surface area contributed by atoms with Gasteiger partial charge in [0, 0.05) is 11.4 Å². The molecular formula is C26H30N2O5. The topological polar surface area (TPSA) is 112 Å². The van der Waals surface area contributed by atoms with Gasteiger partial charge in [0.2, 0.25) is 0 Å². The molecule has 0 aliphatic heterocycles. The Morgan fingerprint density at radius 1 is 1.09 bits per heavy atom. The average Bonchev–Trinajstić information content (AvgIpc) is 3.25. The van der Waals surface area contributed by atoms with E-state index in [1.807, 2.05) is 36.4 Å². The largest absolute Gasteiger partial charge is 0.465 e. The molecule has 33 heavy (non-hydrogen) atoms. The molecule has 0 bridgehead atoms. The van der Waals surface area contributed by atoms with Crippen LogP contribution in [0.25, 0.3) is 10.8 Å². The van der Waals surface area contributed by atoms with Crippen LogP contribution in [0.15, 0.2) is 54.6 Å². The van der Waals surface area contributed by atoms with Gasteiger partial charge in [0.25, 0.3) is 0 Å². The zero-order valence-corrected chi connectivity index (χ0v) is 18.8. The number of hydrogen-bond acceptors (Lipinski definition) is 7. The molecule has 1 aromatic heterocycles. The predicted octanol–water partition coefficient (Wildman–Crippen LogP) is 2.58. The van der Waals surface area contributed by atoms with Crippen molar-refractivity contribution in [2.75, 3.05) is 6.61 Å². The van der Waals surface area contributed by atoms with Crippen molar-refractivity contribution in [3.05, 3.63) is 77.1 Å². The maximum absolute atomic E-state index is 12.9. The number of fused-ring (bicyclic) bond motifs is 2. The van der Waals surface area contributed by atoms with E-state index in [2.05, 4.69) is 22.4 Å². The van der Waals surface area contributed by atoms with E-state index < -0.39 is 24.5 Å². The highest BCUT2D eigenvalue weighted by Crippen LogP contribution is 2.31. The number of hydrogen-bond donors (Lipinski definition) is 4. The SMILES string of the molecule is CCOC(=O)C(N[C@@H](C)C(O)c1nc(C(O)O)cc2ccccc12)C1Cc2ccccc2C1. The van der Waals surface area contributed by atoms with E-state index in [0.717, 1.165) is 18.2 Å². The summed E-state index contributed by atoms with van der Waals surface area (Å²) in [6.07, 6.45) is -1.34. The summed E-state index contributed by atoms with van der Waals surface area (Å²) < 4.78 is 5.36. The van der Waals surface area contributed by atoms with Crippen LogP contribution in [0.1, 0.15) is 48.8 Å². The van der Waals surface area contributed by atoms with Gasteiger partial charge in [-0.15, -0.1) is 0 Å². The van der Waals surface area contributed by atoms with Crippen molar-refractivity contribution in [1.82, 2.24) is 10.3 Å². The normalized spacial score (nSPS) is 16.5. The fraction of sp³-hybridized carbons (Fsp3) is 0.385. The van der Waals surface area contributed by atoms with Crippen LogP contribution in [0, 0.1) is 5.92 Å².